The Hall–Kier alpha value is -3.05. The maximum atomic E-state index is 14.4. The maximum absolute atomic E-state index is 14.4. The third-order valence-corrected chi connectivity index (χ3v) is 6.34. The quantitative estimate of drug-likeness (QED) is 0.603. The van der Waals surface area contributed by atoms with Crippen molar-refractivity contribution in [3.63, 3.8) is 0 Å². The average Bonchev–Trinajstić information content (AvgIpc) is 3.35. The van der Waals surface area contributed by atoms with Crippen molar-refractivity contribution >= 4 is 27.3 Å². The monoisotopic (exact) mass is 449 g/mol. The molecule has 1 unspecified atom stereocenters. The van der Waals surface area contributed by atoms with Crippen molar-refractivity contribution in [1.82, 2.24) is 19.1 Å². The second kappa shape index (κ2) is 8.23. The lowest BCUT2D eigenvalue weighted by Crippen LogP contribution is -2.40. The van der Waals surface area contributed by atoms with Gasteiger partial charge in [-0.1, -0.05) is 6.92 Å². The summed E-state index contributed by atoms with van der Waals surface area (Å²) in [4.78, 5) is 14.5. The summed E-state index contributed by atoms with van der Waals surface area (Å²) >= 11 is 0. The smallest absolute Gasteiger partial charge is 0.301 e. The summed E-state index contributed by atoms with van der Waals surface area (Å²) in [5, 5.41) is 4.10. The van der Waals surface area contributed by atoms with Crippen LogP contribution in [0.25, 0.3) is 5.52 Å². The van der Waals surface area contributed by atoms with E-state index in [9.17, 15) is 22.0 Å². The van der Waals surface area contributed by atoms with Crippen LogP contribution in [0.4, 0.5) is 14.5 Å². The minimum absolute atomic E-state index is 0.0796. The molecule has 0 aliphatic carbocycles. The lowest BCUT2D eigenvalue weighted by Gasteiger charge is -2.27. The van der Waals surface area contributed by atoms with E-state index in [1.807, 2.05) is 9.62 Å². The zero-order chi connectivity index (χ0) is 22.2. The molecule has 3 heterocycles. The van der Waals surface area contributed by atoms with Gasteiger partial charge in [-0.25, -0.2) is 18.0 Å². The van der Waals surface area contributed by atoms with Gasteiger partial charge in [0, 0.05) is 30.5 Å². The lowest BCUT2D eigenvalue weighted by molar-refractivity contribution is 0.0982. The molecule has 1 aliphatic rings. The van der Waals surface area contributed by atoms with Crippen LogP contribution < -0.4 is 14.3 Å². The van der Waals surface area contributed by atoms with Gasteiger partial charge >= 0.3 is 10.2 Å². The largest absolute Gasteiger partial charge is 0.364 e. The van der Waals surface area contributed by atoms with Crippen LogP contribution in [0.2, 0.25) is 0 Å². The second-order valence-corrected chi connectivity index (χ2v) is 8.72. The summed E-state index contributed by atoms with van der Waals surface area (Å²) in [5.41, 5.74) is 1.45. The van der Waals surface area contributed by atoms with E-state index in [4.69, 9.17) is 0 Å². The average molecular weight is 449 g/mol. The first-order valence-electron chi connectivity index (χ1n) is 9.80. The predicted molar refractivity (Wildman–Crippen MR) is 111 cm³/mol. The first-order valence-corrected chi connectivity index (χ1v) is 11.3. The Bertz CT molecular complexity index is 1240. The van der Waals surface area contributed by atoms with Gasteiger partial charge in [0.2, 0.25) is 0 Å². The van der Waals surface area contributed by atoms with Gasteiger partial charge in [-0.3, -0.25) is 4.79 Å². The van der Waals surface area contributed by atoms with Gasteiger partial charge in [-0.15, -0.1) is 0 Å². The second-order valence-electron chi connectivity index (χ2n) is 7.22. The van der Waals surface area contributed by atoms with Gasteiger partial charge in [0.15, 0.2) is 0 Å². The van der Waals surface area contributed by atoms with Crippen LogP contribution in [0, 0.1) is 11.6 Å². The lowest BCUT2D eigenvalue weighted by atomic mass is 10.0. The Morgan fingerprint density at radius 3 is 2.84 bits per heavy atom. The minimum Gasteiger partial charge on any atom is -0.364 e. The Kier molecular flexibility index (Phi) is 5.63. The fraction of sp³-hybridized carbons (Fsp3) is 0.300. The number of nitrogens with zero attached hydrogens (tertiary/aromatic N) is 3. The van der Waals surface area contributed by atoms with Crippen molar-refractivity contribution < 1.29 is 22.0 Å². The highest BCUT2D eigenvalue weighted by Crippen LogP contribution is 2.38. The SMILES string of the molecule is CCNS(=O)(=O)NC(=O)c1cnn2ccc(N3CCCC3c3cc(F)ccc3F)cc12. The van der Waals surface area contributed by atoms with Crippen molar-refractivity contribution in [2.45, 2.75) is 25.8 Å². The summed E-state index contributed by atoms with van der Waals surface area (Å²) < 4.78 is 57.4. The normalized spacial score (nSPS) is 16.7. The highest BCUT2D eigenvalue weighted by atomic mass is 32.2. The molecule has 1 fully saturated rings. The molecular formula is C20H21F2N5O3S. The molecule has 3 aromatic rings. The Morgan fingerprint density at radius 1 is 1.26 bits per heavy atom. The van der Waals surface area contributed by atoms with Gasteiger partial charge in [0.1, 0.15) is 11.6 Å². The highest BCUT2D eigenvalue weighted by Gasteiger charge is 2.29. The standard InChI is InChI=1S/C20H21F2N5O3S/c1-2-24-31(29,30)25-20(28)16-12-23-27-9-7-14(11-19(16)27)26-8-3-4-18(26)15-10-13(21)5-6-17(15)22/h5-7,9-12,18,24H,2-4,8H2,1H3,(H,25,28). The van der Waals surface area contributed by atoms with Crippen LogP contribution >= 0.6 is 0 Å². The number of fused-ring (bicyclic) bond motifs is 1. The van der Waals surface area contributed by atoms with Crippen molar-refractivity contribution in [3.05, 3.63) is 65.5 Å². The van der Waals surface area contributed by atoms with Gasteiger partial charge in [-0.2, -0.15) is 18.2 Å². The van der Waals surface area contributed by atoms with Crippen molar-refractivity contribution in [3.8, 4) is 0 Å². The number of carbonyl (C=O) groups is 1. The molecule has 2 N–H and O–H groups in total. The molecule has 1 amide bonds. The maximum Gasteiger partial charge on any atom is 0.301 e. The van der Waals surface area contributed by atoms with Crippen molar-refractivity contribution in [2.24, 2.45) is 0 Å². The van der Waals surface area contributed by atoms with Gasteiger partial charge in [0.25, 0.3) is 5.91 Å². The number of carbonyl (C=O) groups excluding carboxylic acids is 1. The number of amides is 1. The molecule has 164 valence electrons. The molecular weight excluding hydrogens is 428 g/mol. The molecule has 31 heavy (non-hydrogen) atoms. The highest BCUT2D eigenvalue weighted by molar-refractivity contribution is 7.88. The molecule has 4 rings (SSSR count). The van der Waals surface area contributed by atoms with Crippen molar-refractivity contribution in [2.75, 3.05) is 18.0 Å². The van der Waals surface area contributed by atoms with E-state index in [0.717, 1.165) is 18.6 Å². The summed E-state index contributed by atoms with van der Waals surface area (Å²) in [6, 6.07) is 6.52. The Balaban J connectivity index is 1.68. The van der Waals surface area contributed by atoms with Crippen LogP contribution in [0.5, 0.6) is 0 Å². The van der Waals surface area contributed by atoms with Gasteiger partial charge < -0.3 is 4.90 Å². The van der Waals surface area contributed by atoms with E-state index in [0.29, 0.717) is 24.2 Å². The number of aromatic nitrogens is 2. The van der Waals surface area contributed by atoms with E-state index in [1.165, 1.54) is 16.8 Å². The number of nitrogens with one attached hydrogen (secondary N) is 2. The number of halogens is 2. The van der Waals surface area contributed by atoms with Gasteiger partial charge in [-0.05, 0) is 43.2 Å². The first-order chi connectivity index (χ1) is 14.8. The minimum atomic E-state index is -3.98. The number of pyridine rings is 1. The van der Waals surface area contributed by atoms with Gasteiger partial charge in [0.05, 0.1) is 23.3 Å². The first kappa shape index (κ1) is 21.2. The fourth-order valence-electron chi connectivity index (χ4n) is 3.90. The number of rotatable bonds is 6. The Labute approximate surface area is 178 Å². The van der Waals surface area contributed by atoms with Crippen LogP contribution in [0.15, 0.2) is 42.7 Å². The van der Waals surface area contributed by atoms with Crippen LogP contribution in [0.3, 0.4) is 0 Å². The molecule has 1 aromatic carbocycles. The van der Waals surface area contributed by atoms with Crippen LogP contribution in [-0.2, 0) is 10.2 Å². The molecule has 1 aliphatic heterocycles. The predicted octanol–water partition coefficient (Wildman–Crippen LogP) is 2.54. The molecule has 0 bridgehead atoms. The van der Waals surface area contributed by atoms with E-state index in [-0.39, 0.29) is 23.7 Å². The molecule has 0 saturated carbocycles. The van der Waals surface area contributed by atoms with E-state index < -0.39 is 27.8 Å². The zero-order valence-corrected chi connectivity index (χ0v) is 17.5. The summed E-state index contributed by atoms with van der Waals surface area (Å²) in [6.45, 7) is 2.36. The zero-order valence-electron chi connectivity index (χ0n) is 16.7. The molecule has 1 atom stereocenters. The number of hydrogen-bond donors (Lipinski definition) is 2. The van der Waals surface area contributed by atoms with Crippen molar-refractivity contribution in [1.29, 1.82) is 0 Å². The number of anilines is 1. The third-order valence-electron chi connectivity index (χ3n) is 5.21. The topological polar surface area (TPSA) is 95.8 Å². The number of hydrogen-bond acceptors (Lipinski definition) is 5. The third kappa shape index (κ3) is 4.23. The number of benzene rings is 1. The van der Waals surface area contributed by atoms with Crippen LogP contribution in [0.1, 0.15) is 41.7 Å². The van der Waals surface area contributed by atoms with E-state index in [2.05, 4.69) is 9.82 Å². The molecule has 1 saturated heterocycles. The Morgan fingerprint density at radius 2 is 2.06 bits per heavy atom. The van der Waals surface area contributed by atoms with E-state index in [1.54, 1.807) is 25.3 Å². The van der Waals surface area contributed by atoms with E-state index >= 15 is 0 Å². The fourth-order valence-corrected chi connectivity index (χ4v) is 4.70. The molecule has 2 aromatic heterocycles. The molecule has 8 nitrogen and oxygen atoms in total. The van der Waals surface area contributed by atoms with Crippen LogP contribution in [-0.4, -0.2) is 37.0 Å². The molecule has 11 heteroatoms. The summed E-state index contributed by atoms with van der Waals surface area (Å²) in [5.74, 6) is -1.80. The molecule has 0 spiro atoms. The summed E-state index contributed by atoms with van der Waals surface area (Å²) in [6.07, 6.45) is 4.36. The summed E-state index contributed by atoms with van der Waals surface area (Å²) in [7, 11) is -3.98. The molecule has 0 radical (unpaired) electrons.